The SMILES string of the molecule is CCC1(CO)Cc2cc(O)ccc2N1. The quantitative estimate of drug-likeness (QED) is 0.624. The summed E-state index contributed by atoms with van der Waals surface area (Å²) in [6.07, 6.45) is 1.66. The third-order valence-electron chi connectivity index (χ3n) is 3.00. The summed E-state index contributed by atoms with van der Waals surface area (Å²) >= 11 is 0. The first-order valence-corrected chi connectivity index (χ1v) is 4.90. The average Bonchev–Trinajstić information content (AvgIpc) is 2.56. The Morgan fingerprint density at radius 3 is 2.93 bits per heavy atom. The van der Waals surface area contributed by atoms with Gasteiger partial charge in [-0.05, 0) is 36.6 Å². The molecule has 1 atom stereocenters. The molecule has 1 aromatic rings. The molecule has 0 aromatic heterocycles. The normalized spacial score (nSPS) is 24.4. The maximum absolute atomic E-state index is 9.33. The number of aliphatic hydroxyl groups excluding tert-OH is 1. The first-order valence-electron chi connectivity index (χ1n) is 4.90. The number of fused-ring (bicyclic) bond motifs is 1. The molecule has 0 amide bonds. The van der Waals surface area contributed by atoms with Crippen molar-refractivity contribution in [2.75, 3.05) is 11.9 Å². The molecule has 1 aromatic carbocycles. The van der Waals surface area contributed by atoms with E-state index in [1.165, 1.54) is 0 Å². The Bertz CT molecular complexity index is 345. The highest BCUT2D eigenvalue weighted by molar-refractivity contribution is 5.61. The minimum absolute atomic E-state index is 0.124. The van der Waals surface area contributed by atoms with Gasteiger partial charge in [0.15, 0.2) is 0 Å². The van der Waals surface area contributed by atoms with E-state index in [0.717, 1.165) is 24.1 Å². The molecular formula is C11H15NO2. The Morgan fingerprint density at radius 1 is 1.50 bits per heavy atom. The molecule has 1 heterocycles. The third-order valence-corrected chi connectivity index (χ3v) is 3.00. The van der Waals surface area contributed by atoms with E-state index in [1.807, 2.05) is 6.07 Å². The number of rotatable bonds is 2. The number of hydrogen-bond acceptors (Lipinski definition) is 3. The second-order valence-electron chi connectivity index (χ2n) is 3.94. The van der Waals surface area contributed by atoms with E-state index < -0.39 is 0 Å². The zero-order chi connectivity index (χ0) is 10.2. The second kappa shape index (κ2) is 3.17. The summed E-state index contributed by atoms with van der Waals surface area (Å²) < 4.78 is 0. The predicted octanol–water partition coefficient (Wildman–Crippen LogP) is 1.50. The molecule has 0 saturated heterocycles. The monoisotopic (exact) mass is 193 g/mol. The van der Waals surface area contributed by atoms with Gasteiger partial charge in [0.2, 0.25) is 0 Å². The van der Waals surface area contributed by atoms with Crippen molar-refractivity contribution in [3.05, 3.63) is 23.8 Å². The number of phenolic OH excluding ortho intramolecular Hbond substituents is 1. The topological polar surface area (TPSA) is 52.5 Å². The summed E-state index contributed by atoms with van der Waals surface area (Å²) in [4.78, 5) is 0. The smallest absolute Gasteiger partial charge is 0.116 e. The summed E-state index contributed by atoms with van der Waals surface area (Å²) in [5.74, 6) is 0.287. The van der Waals surface area contributed by atoms with Crippen molar-refractivity contribution >= 4 is 5.69 Å². The Morgan fingerprint density at radius 2 is 2.29 bits per heavy atom. The van der Waals surface area contributed by atoms with Crippen LogP contribution in [0.1, 0.15) is 18.9 Å². The van der Waals surface area contributed by atoms with Crippen LogP contribution in [-0.4, -0.2) is 22.4 Å². The van der Waals surface area contributed by atoms with Gasteiger partial charge in [0.05, 0.1) is 12.1 Å². The standard InChI is InChI=1S/C11H15NO2/c1-2-11(7-13)6-8-5-9(14)3-4-10(8)12-11/h3-5,12-14H,2,6-7H2,1H3. The molecule has 3 N–H and O–H groups in total. The summed E-state index contributed by atoms with van der Waals surface area (Å²) in [7, 11) is 0. The van der Waals surface area contributed by atoms with Crippen molar-refractivity contribution in [1.29, 1.82) is 0 Å². The molecule has 0 fully saturated rings. The van der Waals surface area contributed by atoms with Gasteiger partial charge in [-0.1, -0.05) is 6.92 Å². The molecule has 0 saturated carbocycles. The number of hydrogen-bond donors (Lipinski definition) is 3. The van der Waals surface area contributed by atoms with Gasteiger partial charge in [-0.3, -0.25) is 0 Å². The minimum atomic E-state index is -0.226. The van der Waals surface area contributed by atoms with Gasteiger partial charge in [-0.15, -0.1) is 0 Å². The van der Waals surface area contributed by atoms with Crippen molar-refractivity contribution < 1.29 is 10.2 Å². The Labute approximate surface area is 83.4 Å². The van der Waals surface area contributed by atoms with Gasteiger partial charge in [-0.25, -0.2) is 0 Å². The van der Waals surface area contributed by atoms with Crippen molar-refractivity contribution in [2.24, 2.45) is 0 Å². The lowest BCUT2D eigenvalue weighted by atomic mass is 9.93. The summed E-state index contributed by atoms with van der Waals surface area (Å²) in [6.45, 7) is 2.17. The van der Waals surface area contributed by atoms with Gasteiger partial charge < -0.3 is 15.5 Å². The molecule has 1 aliphatic rings. The van der Waals surface area contributed by atoms with Gasteiger partial charge >= 0.3 is 0 Å². The molecule has 0 aliphatic carbocycles. The third kappa shape index (κ3) is 1.34. The summed E-state index contributed by atoms with van der Waals surface area (Å²) in [6, 6.07) is 5.28. The van der Waals surface area contributed by atoms with Crippen LogP contribution in [-0.2, 0) is 6.42 Å². The number of aliphatic hydroxyl groups is 1. The van der Waals surface area contributed by atoms with E-state index in [4.69, 9.17) is 0 Å². The van der Waals surface area contributed by atoms with Gasteiger partial charge in [0.25, 0.3) is 0 Å². The van der Waals surface area contributed by atoms with Gasteiger partial charge in [0.1, 0.15) is 5.75 Å². The maximum Gasteiger partial charge on any atom is 0.116 e. The molecule has 1 unspecified atom stereocenters. The lowest BCUT2D eigenvalue weighted by molar-refractivity contribution is 0.211. The van der Waals surface area contributed by atoms with Crippen LogP contribution in [0.5, 0.6) is 5.75 Å². The number of phenols is 1. The zero-order valence-corrected chi connectivity index (χ0v) is 8.25. The van der Waals surface area contributed by atoms with E-state index in [2.05, 4.69) is 12.2 Å². The minimum Gasteiger partial charge on any atom is -0.508 e. The lowest BCUT2D eigenvalue weighted by Crippen LogP contribution is -2.39. The molecule has 76 valence electrons. The van der Waals surface area contributed by atoms with E-state index in [1.54, 1.807) is 12.1 Å². The Kier molecular flexibility index (Phi) is 2.11. The van der Waals surface area contributed by atoms with Gasteiger partial charge in [-0.2, -0.15) is 0 Å². The second-order valence-corrected chi connectivity index (χ2v) is 3.94. The fourth-order valence-electron chi connectivity index (χ4n) is 1.96. The molecule has 14 heavy (non-hydrogen) atoms. The Hall–Kier alpha value is -1.22. The van der Waals surface area contributed by atoms with E-state index in [0.29, 0.717) is 0 Å². The molecule has 3 heteroatoms. The molecule has 2 rings (SSSR count). The first-order chi connectivity index (χ1) is 6.69. The van der Waals surface area contributed by atoms with Crippen LogP contribution < -0.4 is 5.32 Å². The number of anilines is 1. The van der Waals surface area contributed by atoms with Crippen LogP contribution in [0.15, 0.2) is 18.2 Å². The van der Waals surface area contributed by atoms with E-state index in [-0.39, 0.29) is 17.9 Å². The van der Waals surface area contributed by atoms with Crippen LogP contribution in [0.3, 0.4) is 0 Å². The van der Waals surface area contributed by atoms with E-state index in [9.17, 15) is 10.2 Å². The van der Waals surface area contributed by atoms with E-state index >= 15 is 0 Å². The summed E-state index contributed by atoms with van der Waals surface area (Å²) in [5, 5.41) is 22.0. The number of aromatic hydroxyl groups is 1. The Balaban J connectivity index is 2.33. The average molecular weight is 193 g/mol. The molecule has 1 aliphatic heterocycles. The molecule has 0 spiro atoms. The van der Waals surface area contributed by atoms with Crippen LogP contribution in [0.2, 0.25) is 0 Å². The molecule has 0 bridgehead atoms. The van der Waals surface area contributed by atoms with Crippen molar-refractivity contribution in [3.63, 3.8) is 0 Å². The fraction of sp³-hybridized carbons (Fsp3) is 0.455. The number of benzene rings is 1. The molecular weight excluding hydrogens is 178 g/mol. The van der Waals surface area contributed by atoms with Crippen molar-refractivity contribution in [3.8, 4) is 5.75 Å². The zero-order valence-electron chi connectivity index (χ0n) is 8.25. The van der Waals surface area contributed by atoms with Crippen LogP contribution >= 0.6 is 0 Å². The fourth-order valence-corrected chi connectivity index (χ4v) is 1.96. The number of nitrogens with one attached hydrogen (secondary N) is 1. The highest BCUT2D eigenvalue weighted by Gasteiger charge is 2.34. The van der Waals surface area contributed by atoms with Crippen LogP contribution in [0.4, 0.5) is 5.69 Å². The first kappa shape index (κ1) is 9.34. The predicted molar refractivity (Wildman–Crippen MR) is 55.5 cm³/mol. The summed E-state index contributed by atoms with van der Waals surface area (Å²) in [5.41, 5.74) is 1.88. The lowest BCUT2D eigenvalue weighted by Gasteiger charge is -2.25. The molecule has 3 nitrogen and oxygen atoms in total. The van der Waals surface area contributed by atoms with Gasteiger partial charge in [0, 0.05) is 5.69 Å². The van der Waals surface area contributed by atoms with Crippen molar-refractivity contribution in [2.45, 2.75) is 25.3 Å². The van der Waals surface area contributed by atoms with Crippen LogP contribution in [0.25, 0.3) is 0 Å². The van der Waals surface area contributed by atoms with Crippen LogP contribution in [0, 0.1) is 0 Å². The maximum atomic E-state index is 9.33. The highest BCUT2D eigenvalue weighted by atomic mass is 16.3. The molecule has 0 radical (unpaired) electrons. The highest BCUT2D eigenvalue weighted by Crippen LogP contribution is 2.35. The largest absolute Gasteiger partial charge is 0.508 e. The van der Waals surface area contributed by atoms with Crippen molar-refractivity contribution in [1.82, 2.24) is 0 Å².